The Morgan fingerprint density at radius 1 is 0.463 bits per heavy atom. The first-order valence-electron chi connectivity index (χ1n) is 14.1. The predicted octanol–water partition coefficient (Wildman–Crippen LogP) is 9.30. The largest absolute Gasteiger partial charge is 0.324 e. The van der Waals surface area contributed by atoms with Crippen molar-refractivity contribution in [2.45, 2.75) is 20.4 Å². The second-order valence-corrected chi connectivity index (χ2v) is 10.9. The third-order valence-electron chi connectivity index (χ3n) is 7.45. The van der Waals surface area contributed by atoms with Crippen molar-refractivity contribution in [1.29, 1.82) is 0 Å². The van der Waals surface area contributed by atoms with Crippen LogP contribution < -0.4 is 0 Å². The van der Waals surface area contributed by atoms with Gasteiger partial charge in [0.1, 0.15) is 5.82 Å². The van der Waals surface area contributed by atoms with Crippen LogP contribution in [0.3, 0.4) is 0 Å². The monoisotopic (exact) mass is 530 g/mol. The zero-order chi connectivity index (χ0) is 27.8. The molecule has 2 aromatic heterocycles. The molecule has 0 aliphatic carbocycles. The molecule has 4 nitrogen and oxygen atoms in total. The number of imidazole rings is 1. The molecular weight excluding hydrogens is 500 g/mol. The highest BCUT2D eigenvalue weighted by Gasteiger charge is 2.15. The zero-order valence-corrected chi connectivity index (χ0v) is 23.2. The summed E-state index contributed by atoms with van der Waals surface area (Å²) in [7, 11) is 0. The molecule has 0 atom stereocenters. The van der Waals surface area contributed by atoms with E-state index in [0.717, 1.165) is 62.6 Å². The van der Waals surface area contributed by atoms with Crippen molar-refractivity contribution in [3.8, 4) is 45.0 Å². The summed E-state index contributed by atoms with van der Waals surface area (Å²) in [6, 6.07) is 44.1. The van der Waals surface area contributed by atoms with E-state index in [4.69, 9.17) is 15.0 Å². The molecule has 41 heavy (non-hydrogen) atoms. The van der Waals surface area contributed by atoms with Crippen LogP contribution >= 0.6 is 0 Å². The summed E-state index contributed by atoms with van der Waals surface area (Å²) in [6.45, 7) is 5.43. The number of hydrogen-bond donors (Lipinski definition) is 0. The van der Waals surface area contributed by atoms with Crippen LogP contribution in [-0.4, -0.2) is 19.5 Å². The first kappa shape index (κ1) is 24.9. The van der Waals surface area contributed by atoms with Crippen molar-refractivity contribution in [3.05, 3.63) is 127 Å². The van der Waals surface area contributed by atoms with Crippen LogP contribution in [0.15, 0.2) is 127 Å². The third-order valence-corrected chi connectivity index (χ3v) is 7.45. The van der Waals surface area contributed by atoms with Gasteiger partial charge in [0.25, 0.3) is 0 Å². The smallest absolute Gasteiger partial charge is 0.141 e. The first-order chi connectivity index (χ1) is 20.1. The molecule has 0 aliphatic heterocycles. The van der Waals surface area contributed by atoms with Crippen molar-refractivity contribution in [2.24, 2.45) is 5.92 Å². The van der Waals surface area contributed by atoms with Crippen LogP contribution in [0.25, 0.3) is 67.1 Å². The van der Waals surface area contributed by atoms with Gasteiger partial charge in [0.05, 0.1) is 33.5 Å². The fourth-order valence-electron chi connectivity index (χ4n) is 5.48. The Morgan fingerprint density at radius 2 is 0.927 bits per heavy atom. The standard InChI is InChI=1S/C37H30N4/c1-25(2)24-41-34-15-9-8-14-33(34)40-37(41)30-22-18-27(19-23-30)26-16-20-29(21-17-26)36-35(28-10-4-3-5-11-28)38-31-12-6-7-13-32(31)39-36/h3-23,25H,24H2,1-2H3. The summed E-state index contributed by atoms with van der Waals surface area (Å²) in [4.78, 5) is 15.0. The number of fused-ring (bicyclic) bond motifs is 2. The van der Waals surface area contributed by atoms with E-state index in [0.29, 0.717) is 5.92 Å². The molecule has 2 heterocycles. The normalized spacial score (nSPS) is 11.5. The molecule has 0 unspecified atom stereocenters. The van der Waals surface area contributed by atoms with Crippen LogP contribution in [0.1, 0.15) is 13.8 Å². The number of para-hydroxylation sites is 4. The van der Waals surface area contributed by atoms with E-state index in [1.807, 2.05) is 42.5 Å². The molecule has 7 rings (SSSR count). The number of nitrogens with zero attached hydrogens (tertiary/aromatic N) is 4. The molecule has 0 saturated heterocycles. The minimum atomic E-state index is 0.527. The van der Waals surface area contributed by atoms with E-state index in [1.165, 1.54) is 11.1 Å². The Bertz CT molecular complexity index is 1970. The topological polar surface area (TPSA) is 43.6 Å². The summed E-state index contributed by atoms with van der Waals surface area (Å²) in [6.07, 6.45) is 0. The van der Waals surface area contributed by atoms with Gasteiger partial charge in [0, 0.05) is 23.2 Å². The van der Waals surface area contributed by atoms with E-state index in [-0.39, 0.29) is 0 Å². The molecule has 0 fully saturated rings. The van der Waals surface area contributed by atoms with Crippen LogP contribution in [-0.2, 0) is 6.54 Å². The Hall–Kier alpha value is -5.09. The van der Waals surface area contributed by atoms with Crippen molar-refractivity contribution in [2.75, 3.05) is 0 Å². The summed E-state index contributed by atoms with van der Waals surface area (Å²) < 4.78 is 2.35. The van der Waals surface area contributed by atoms with E-state index in [2.05, 4.69) is 103 Å². The molecule has 0 amide bonds. The van der Waals surface area contributed by atoms with Gasteiger partial charge in [-0.05, 0) is 41.3 Å². The van der Waals surface area contributed by atoms with Gasteiger partial charge in [-0.15, -0.1) is 0 Å². The quantitative estimate of drug-likeness (QED) is 0.215. The van der Waals surface area contributed by atoms with Crippen LogP contribution in [0.2, 0.25) is 0 Å². The average Bonchev–Trinajstić information content (AvgIpc) is 3.38. The van der Waals surface area contributed by atoms with E-state index >= 15 is 0 Å². The average molecular weight is 531 g/mol. The van der Waals surface area contributed by atoms with Gasteiger partial charge >= 0.3 is 0 Å². The maximum absolute atomic E-state index is 5.04. The fourth-order valence-corrected chi connectivity index (χ4v) is 5.48. The molecule has 198 valence electrons. The number of rotatable bonds is 6. The van der Waals surface area contributed by atoms with Crippen molar-refractivity contribution < 1.29 is 0 Å². The molecule has 0 spiro atoms. The first-order valence-corrected chi connectivity index (χ1v) is 14.1. The van der Waals surface area contributed by atoms with Gasteiger partial charge in [0.15, 0.2) is 0 Å². The maximum Gasteiger partial charge on any atom is 0.141 e. The van der Waals surface area contributed by atoms with Crippen LogP contribution in [0.4, 0.5) is 0 Å². The summed E-state index contributed by atoms with van der Waals surface area (Å²) in [5.41, 5.74) is 11.4. The second kappa shape index (κ2) is 10.5. The van der Waals surface area contributed by atoms with Gasteiger partial charge < -0.3 is 4.57 Å². The molecule has 0 bridgehead atoms. The molecule has 7 aromatic rings. The van der Waals surface area contributed by atoms with Crippen molar-refractivity contribution >= 4 is 22.1 Å². The molecular formula is C37H30N4. The van der Waals surface area contributed by atoms with E-state index < -0.39 is 0 Å². The van der Waals surface area contributed by atoms with Gasteiger partial charge in [-0.1, -0.05) is 117 Å². The highest BCUT2D eigenvalue weighted by molar-refractivity contribution is 5.87. The van der Waals surface area contributed by atoms with Crippen LogP contribution in [0, 0.1) is 5.92 Å². The minimum Gasteiger partial charge on any atom is -0.324 e. The SMILES string of the molecule is CC(C)Cn1c(-c2ccc(-c3ccc(-c4nc5ccccc5nc4-c4ccccc4)cc3)cc2)nc2ccccc21. The van der Waals surface area contributed by atoms with E-state index in [9.17, 15) is 0 Å². The number of hydrogen-bond acceptors (Lipinski definition) is 3. The molecule has 0 aliphatic rings. The van der Waals surface area contributed by atoms with Gasteiger partial charge in [0.2, 0.25) is 0 Å². The molecule has 0 radical (unpaired) electrons. The van der Waals surface area contributed by atoms with Gasteiger partial charge in [-0.2, -0.15) is 0 Å². The lowest BCUT2D eigenvalue weighted by Gasteiger charge is -2.13. The second-order valence-electron chi connectivity index (χ2n) is 10.9. The van der Waals surface area contributed by atoms with Crippen molar-refractivity contribution in [3.63, 3.8) is 0 Å². The zero-order valence-electron chi connectivity index (χ0n) is 23.2. The lowest BCUT2D eigenvalue weighted by molar-refractivity contribution is 0.536. The number of benzene rings is 5. The third kappa shape index (κ3) is 4.78. The van der Waals surface area contributed by atoms with Gasteiger partial charge in [-0.25, -0.2) is 15.0 Å². The highest BCUT2D eigenvalue weighted by atomic mass is 15.1. The summed E-state index contributed by atoms with van der Waals surface area (Å²) in [5.74, 6) is 1.55. The maximum atomic E-state index is 5.04. The minimum absolute atomic E-state index is 0.527. The summed E-state index contributed by atoms with van der Waals surface area (Å²) >= 11 is 0. The lowest BCUT2D eigenvalue weighted by atomic mass is 9.99. The van der Waals surface area contributed by atoms with Crippen LogP contribution in [0.5, 0.6) is 0 Å². The Kier molecular flexibility index (Phi) is 6.36. The molecule has 0 N–H and O–H groups in total. The highest BCUT2D eigenvalue weighted by Crippen LogP contribution is 2.33. The Balaban J connectivity index is 1.23. The molecule has 0 saturated carbocycles. The molecule has 4 heteroatoms. The predicted molar refractivity (Wildman–Crippen MR) is 169 cm³/mol. The summed E-state index contributed by atoms with van der Waals surface area (Å²) in [5, 5.41) is 0. The van der Waals surface area contributed by atoms with E-state index in [1.54, 1.807) is 0 Å². The number of aromatic nitrogens is 4. The fraction of sp³-hybridized carbons (Fsp3) is 0.108. The molecule has 5 aromatic carbocycles. The van der Waals surface area contributed by atoms with Gasteiger partial charge in [-0.3, -0.25) is 0 Å². The van der Waals surface area contributed by atoms with Crippen molar-refractivity contribution in [1.82, 2.24) is 19.5 Å². The Morgan fingerprint density at radius 3 is 1.51 bits per heavy atom. The Labute approximate surface area is 240 Å². The lowest BCUT2D eigenvalue weighted by Crippen LogP contribution is -2.06.